The molecule has 0 heterocycles. The maximum absolute atomic E-state index is 8.60. The molecule has 0 saturated heterocycles. The largest absolute Gasteiger partial charge is 0.297 e. The van der Waals surface area contributed by atoms with Crippen LogP contribution in [0.5, 0.6) is 0 Å². The second-order valence-electron chi connectivity index (χ2n) is 3.24. The van der Waals surface area contributed by atoms with Crippen molar-refractivity contribution in [3.8, 4) is 0 Å². The molecule has 0 bridgehead atoms. The van der Waals surface area contributed by atoms with Crippen molar-refractivity contribution in [1.82, 2.24) is 0 Å². The Morgan fingerprint density at radius 1 is 0.882 bits per heavy atom. The molecular formula is C12H24CuN2O2+2. The second-order valence-corrected chi connectivity index (χ2v) is 3.24. The molecular weight excluding hydrogens is 268 g/mol. The van der Waals surface area contributed by atoms with Gasteiger partial charge in [0.1, 0.15) is 0 Å². The van der Waals surface area contributed by atoms with Crippen LogP contribution in [0.2, 0.25) is 0 Å². The molecule has 103 valence electrons. The summed E-state index contributed by atoms with van der Waals surface area (Å²) in [6.45, 7) is 8.86. The summed E-state index contributed by atoms with van der Waals surface area (Å²) in [7, 11) is 0. The first-order valence-electron chi connectivity index (χ1n) is 5.53. The van der Waals surface area contributed by atoms with Gasteiger partial charge in [-0.3, -0.25) is 19.6 Å². The summed E-state index contributed by atoms with van der Waals surface area (Å²) < 4.78 is 0. The third-order valence-electron chi connectivity index (χ3n) is 1.40. The third kappa shape index (κ3) is 31.3. The number of carbonyl (C=O) groups excluding carboxylic acids is 2. The second kappa shape index (κ2) is 17.6. The summed E-state index contributed by atoms with van der Waals surface area (Å²) in [4.78, 5) is 25.0. The summed E-state index contributed by atoms with van der Waals surface area (Å²) in [5.41, 5.74) is 0. The normalized spacial score (nSPS) is 9.65. The molecule has 0 fully saturated rings. The molecule has 0 rings (SSSR count). The molecule has 0 aromatic carbocycles. The molecule has 0 spiro atoms. The van der Waals surface area contributed by atoms with Crippen LogP contribution in [0, 0.1) is 0 Å². The Balaban J connectivity index is -0.000000218. The SMILES string of the molecule is CCN=CCC(C)=[OH+].CCN=CCC(C)=[OH+].[Cu]. The molecule has 4 nitrogen and oxygen atoms in total. The maximum atomic E-state index is 8.60. The summed E-state index contributed by atoms with van der Waals surface area (Å²) in [5, 5.41) is 0. The standard InChI is InChI=1S/2C6H11NO.Cu/c2*1-3-7-5-4-6(2)8;/h2*5H,3-4H2,1-2H3;/p+2. The van der Waals surface area contributed by atoms with E-state index in [1.165, 1.54) is 0 Å². The van der Waals surface area contributed by atoms with Crippen LogP contribution in [-0.2, 0) is 17.1 Å². The molecule has 0 amide bonds. The Labute approximate surface area is 114 Å². The summed E-state index contributed by atoms with van der Waals surface area (Å²) in [5.74, 6) is 0.837. The Morgan fingerprint density at radius 3 is 1.35 bits per heavy atom. The van der Waals surface area contributed by atoms with Gasteiger partial charge in [-0.05, 0) is 13.8 Å². The maximum Gasteiger partial charge on any atom is 0.295 e. The third-order valence-corrected chi connectivity index (χ3v) is 1.40. The van der Waals surface area contributed by atoms with Crippen molar-refractivity contribution in [1.29, 1.82) is 0 Å². The zero-order chi connectivity index (χ0) is 12.8. The average molecular weight is 292 g/mol. The van der Waals surface area contributed by atoms with E-state index >= 15 is 0 Å². The van der Waals surface area contributed by atoms with Crippen molar-refractivity contribution < 1.29 is 26.7 Å². The van der Waals surface area contributed by atoms with Crippen LogP contribution in [-0.4, -0.2) is 46.7 Å². The van der Waals surface area contributed by atoms with E-state index in [-0.39, 0.29) is 17.1 Å². The first kappa shape index (κ1) is 21.5. The average Bonchev–Trinajstić information content (AvgIpc) is 2.18. The predicted octanol–water partition coefficient (Wildman–Crippen LogP) is 2.06. The first-order valence-corrected chi connectivity index (χ1v) is 5.53. The number of aliphatic imine (C=N–C) groups is 2. The molecule has 1 radical (unpaired) electrons. The summed E-state index contributed by atoms with van der Waals surface area (Å²) >= 11 is 0. The first-order chi connectivity index (χ1) is 7.54. The number of ketones is 2. The molecule has 0 aromatic rings. The Bertz CT molecular complexity index is 225. The van der Waals surface area contributed by atoms with Gasteiger partial charge in [-0.1, -0.05) is 0 Å². The van der Waals surface area contributed by atoms with Gasteiger partial charge in [0.25, 0.3) is 11.6 Å². The monoisotopic (exact) mass is 291 g/mol. The molecule has 0 saturated carbocycles. The van der Waals surface area contributed by atoms with E-state index in [1.807, 2.05) is 13.8 Å². The van der Waals surface area contributed by atoms with Crippen LogP contribution in [0.3, 0.4) is 0 Å². The molecule has 0 aliphatic rings. The van der Waals surface area contributed by atoms with Gasteiger partial charge in [0.05, 0.1) is 12.8 Å². The molecule has 2 N–H and O–H groups in total. The van der Waals surface area contributed by atoms with Gasteiger partial charge in [0.15, 0.2) is 0 Å². The number of rotatable bonds is 6. The van der Waals surface area contributed by atoms with Crippen LogP contribution in [0.4, 0.5) is 0 Å². The van der Waals surface area contributed by atoms with Crippen LogP contribution >= 0.6 is 0 Å². The van der Waals surface area contributed by atoms with E-state index in [4.69, 9.17) is 9.59 Å². The number of hydrogen-bond donors (Lipinski definition) is 0. The van der Waals surface area contributed by atoms with Crippen molar-refractivity contribution in [2.75, 3.05) is 13.1 Å². The Hall–Kier alpha value is -0.801. The van der Waals surface area contributed by atoms with Gasteiger partial charge in [0.2, 0.25) is 0 Å². The van der Waals surface area contributed by atoms with Gasteiger partial charge in [-0.25, -0.2) is 0 Å². The molecule has 0 aromatic heterocycles. The smallest absolute Gasteiger partial charge is 0.295 e. The van der Waals surface area contributed by atoms with Crippen molar-refractivity contribution in [3.05, 3.63) is 0 Å². The van der Waals surface area contributed by atoms with E-state index in [2.05, 4.69) is 9.98 Å². The zero-order valence-corrected chi connectivity index (χ0v) is 12.0. The molecule has 0 atom stereocenters. The van der Waals surface area contributed by atoms with Crippen molar-refractivity contribution >= 4 is 24.0 Å². The van der Waals surface area contributed by atoms with Crippen molar-refractivity contribution in [3.63, 3.8) is 0 Å². The minimum atomic E-state index is 0. The number of hydrogen-bond acceptors (Lipinski definition) is 2. The van der Waals surface area contributed by atoms with Crippen LogP contribution in [0.25, 0.3) is 0 Å². The van der Waals surface area contributed by atoms with Crippen LogP contribution in [0.15, 0.2) is 9.98 Å². The summed E-state index contributed by atoms with van der Waals surface area (Å²) in [6.07, 6.45) is 4.62. The fourth-order valence-electron chi connectivity index (χ4n) is 0.652. The Morgan fingerprint density at radius 2 is 1.18 bits per heavy atom. The predicted molar refractivity (Wildman–Crippen MR) is 72.5 cm³/mol. The molecule has 17 heavy (non-hydrogen) atoms. The van der Waals surface area contributed by atoms with E-state index < -0.39 is 0 Å². The fourth-order valence-corrected chi connectivity index (χ4v) is 0.652. The van der Waals surface area contributed by atoms with E-state index in [0.29, 0.717) is 24.4 Å². The minimum Gasteiger partial charge on any atom is -0.297 e. The van der Waals surface area contributed by atoms with Gasteiger partial charge < -0.3 is 0 Å². The van der Waals surface area contributed by atoms with Crippen LogP contribution in [0.1, 0.15) is 40.5 Å². The molecule has 5 heteroatoms. The van der Waals surface area contributed by atoms with Gasteiger partial charge in [-0.15, -0.1) is 0 Å². The van der Waals surface area contributed by atoms with Gasteiger partial charge >= 0.3 is 0 Å². The van der Waals surface area contributed by atoms with Crippen LogP contribution < -0.4 is 0 Å². The fraction of sp³-hybridized carbons (Fsp3) is 0.667. The van der Waals surface area contributed by atoms with E-state index in [1.54, 1.807) is 26.3 Å². The molecule has 0 aliphatic carbocycles. The quantitative estimate of drug-likeness (QED) is 0.408. The Kier molecular flexibility index (Phi) is 22.2. The van der Waals surface area contributed by atoms with Crippen molar-refractivity contribution in [2.45, 2.75) is 40.5 Å². The minimum absolute atomic E-state index is 0. The number of nitrogens with zero attached hydrogens (tertiary/aromatic N) is 2. The van der Waals surface area contributed by atoms with Gasteiger partial charge in [0, 0.05) is 56.4 Å². The summed E-state index contributed by atoms with van der Waals surface area (Å²) in [6, 6.07) is 0. The topological polar surface area (TPSA) is 67.5 Å². The molecule has 0 unspecified atom stereocenters. The van der Waals surface area contributed by atoms with E-state index in [9.17, 15) is 0 Å². The van der Waals surface area contributed by atoms with Crippen molar-refractivity contribution in [2.24, 2.45) is 9.98 Å². The zero-order valence-electron chi connectivity index (χ0n) is 11.1. The molecule has 0 aliphatic heterocycles. The van der Waals surface area contributed by atoms with E-state index in [0.717, 1.165) is 13.1 Å². The van der Waals surface area contributed by atoms with Gasteiger partial charge in [-0.2, -0.15) is 0 Å².